The van der Waals surface area contributed by atoms with Crippen molar-refractivity contribution in [3.05, 3.63) is 0 Å². The molecule has 1 N–H and O–H groups in total. The minimum absolute atomic E-state index is 0.377. The normalized spacial score (nSPS) is 37.0. The zero-order valence-corrected chi connectivity index (χ0v) is 10.6. The van der Waals surface area contributed by atoms with E-state index in [1.807, 2.05) is 0 Å². The van der Waals surface area contributed by atoms with E-state index in [-0.39, 0.29) is 0 Å². The summed E-state index contributed by atoms with van der Waals surface area (Å²) in [5.74, 6) is 0.889. The molecule has 15 heavy (non-hydrogen) atoms. The second-order valence-electron chi connectivity index (χ2n) is 5.92. The molecule has 0 spiro atoms. The SMILES string of the molecule is CCN1CCCCC1C1CNC(C)(C)C1. The Labute approximate surface area is 94.4 Å². The van der Waals surface area contributed by atoms with Crippen molar-refractivity contribution in [2.24, 2.45) is 5.92 Å². The molecular weight excluding hydrogens is 184 g/mol. The van der Waals surface area contributed by atoms with Gasteiger partial charge in [-0.25, -0.2) is 0 Å². The van der Waals surface area contributed by atoms with Gasteiger partial charge < -0.3 is 10.2 Å². The van der Waals surface area contributed by atoms with Gasteiger partial charge >= 0.3 is 0 Å². The summed E-state index contributed by atoms with van der Waals surface area (Å²) in [5.41, 5.74) is 0.377. The Kier molecular flexibility index (Phi) is 3.36. The smallest absolute Gasteiger partial charge is 0.0136 e. The van der Waals surface area contributed by atoms with E-state index in [2.05, 4.69) is 31.0 Å². The second kappa shape index (κ2) is 4.42. The van der Waals surface area contributed by atoms with Crippen molar-refractivity contribution in [1.29, 1.82) is 0 Å². The van der Waals surface area contributed by atoms with Crippen LogP contribution in [0.15, 0.2) is 0 Å². The van der Waals surface area contributed by atoms with Gasteiger partial charge in [0, 0.05) is 18.1 Å². The first-order chi connectivity index (χ1) is 7.12. The Morgan fingerprint density at radius 3 is 2.73 bits per heavy atom. The molecule has 2 nitrogen and oxygen atoms in total. The Morgan fingerprint density at radius 2 is 2.13 bits per heavy atom. The number of piperidine rings is 1. The highest BCUT2D eigenvalue weighted by Gasteiger charge is 2.37. The Bertz CT molecular complexity index is 213. The van der Waals surface area contributed by atoms with Crippen molar-refractivity contribution in [3.63, 3.8) is 0 Å². The minimum atomic E-state index is 0.377. The summed E-state index contributed by atoms with van der Waals surface area (Å²) >= 11 is 0. The van der Waals surface area contributed by atoms with Gasteiger partial charge in [-0.05, 0) is 52.1 Å². The fourth-order valence-corrected chi connectivity index (χ4v) is 3.42. The van der Waals surface area contributed by atoms with Gasteiger partial charge in [-0.2, -0.15) is 0 Å². The first kappa shape index (κ1) is 11.4. The fraction of sp³-hybridized carbons (Fsp3) is 1.00. The largest absolute Gasteiger partial charge is 0.311 e. The molecule has 0 amide bonds. The van der Waals surface area contributed by atoms with Gasteiger partial charge in [0.25, 0.3) is 0 Å². The van der Waals surface area contributed by atoms with Crippen LogP contribution in [0.2, 0.25) is 0 Å². The van der Waals surface area contributed by atoms with Crippen LogP contribution in [0.1, 0.15) is 46.5 Å². The monoisotopic (exact) mass is 210 g/mol. The minimum Gasteiger partial charge on any atom is -0.311 e. The van der Waals surface area contributed by atoms with Crippen LogP contribution in [0.3, 0.4) is 0 Å². The molecule has 0 saturated carbocycles. The summed E-state index contributed by atoms with van der Waals surface area (Å²) in [6.07, 6.45) is 5.64. The van der Waals surface area contributed by atoms with Crippen LogP contribution in [-0.2, 0) is 0 Å². The van der Waals surface area contributed by atoms with Crippen molar-refractivity contribution in [1.82, 2.24) is 10.2 Å². The van der Waals surface area contributed by atoms with Crippen LogP contribution < -0.4 is 5.32 Å². The number of hydrogen-bond acceptors (Lipinski definition) is 2. The Hall–Kier alpha value is -0.0800. The summed E-state index contributed by atoms with van der Waals surface area (Å²) in [6.45, 7) is 10.8. The number of rotatable bonds is 2. The van der Waals surface area contributed by atoms with E-state index in [0.717, 1.165) is 12.0 Å². The topological polar surface area (TPSA) is 15.3 Å². The van der Waals surface area contributed by atoms with Crippen LogP contribution in [0.25, 0.3) is 0 Å². The predicted molar refractivity (Wildman–Crippen MR) is 65.1 cm³/mol. The average molecular weight is 210 g/mol. The Morgan fingerprint density at radius 1 is 1.33 bits per heavy atom. The number of likely N-dealkylation sites (tertiary alicyclic amines) is 1. The Balaban J connectivity index is 1.97. The van der Waals surface area contributed by atoms with E-state index in [0.29, 0.717) is 5.54 Å². The van der Waals surface area contributed by atoms with Gasteiger partial charge in [0.1, 0.15) is 0 Å². The molecule has 2 rings (SSSR count). The summed E-state index contributed by atoms with van der Waals surface area (Å²) < 4.78 is 0. The molecule has 2 heteroatoms. The van der Waals surface area contributed by atoms with E-state index in [1.165, 1.54) is 45.3 Å². The van der Waals surface area contributed by atoms with Crippen LogP contribution in [0.4, 0.5) is 0 Å². The first-order valence-corrected chi connectivity index (χ1v) is 6.61. The number of hydrogen-bond donors (Lipinski definition) is 1. The molecule has 0 bridgehead atoms. The molecule has 2 fully saturated rings. The second-order valence-corrected chi connectivity index (χ2v) is 5.92. The molecule has 0 aromatic rings. The van der Waals surface area contributed by atoms with Crippen molar-refractivity contribution in [3.8, 4) is 0 Å². The third-order valence-electron chi connectivity index (χ3n) is 4.23. The third kappa shape index (κ3) is 2.54. The van der Waals surface area contributed by atoms with E-state index >= 15 is 0 Å². The molecule has 0 aromatic carbocycles. The summed E-state index contributed by atoms with van der Waals surface area (Å²) in [5, 5.41) is 3.66. The molecule has 2 heterocycles. The zero-order chi connectivity index (χ0) is 10.9. The maximum absolute atomic E-state index is 3.66. The summed E-state index contributed by atoms with van der Waals surface area (Å²) in [4.78, 5) is 2.71. The average Bonchev–Trinajstić information content (AvgIpc) is 2.59. The van der Waals surface area contributed by atoms with E-state index < -0.39 is 0 Å². The van der Waals surface area contributed by atoms with Crippen molar-refractivity contribution in [2.45, 2.75) is 58.0 Å². The summed E-state index contributed by atoms with van der Waals surface area (Å²) in [6, 6.07) is 0.859. The van der Waals surface area contributed by atoms with Gasteiger partial charge in [0.2, 0.25) is 0 Å². The lowest BCUT2D eigenvalue weighted by Crippen LogP contribution is -2.44. The highest BCUT2D eigenvalue weighted by atomic mass is 15.2. The standard InChI is InChI=1S/C13H26N2/c1-4-15-8-6-5-7-12(15)11-9-13(2,3)14-10-11/h11-12,14H,4-10H2,1-3H3. The maximum Gasteiger partial charge on any atom is 0.0136 e. The molecule has 2 unspecified atom stereocenters. The van der Waals surface area contributed by atoms with E-state index in [1.54, 1.807) is 0 Å². The van der Waals surface area contributed by atoms with Crippen LogP contribution in [-0.4, -0.2) is 36.1 Å². The molecule has 0 radical (unpaired) electrons. The molecule has 0 aliphatic carbocycles. The lowest BCUT2D eigenvalue weighted by molar-refractivity contribution is 0.110. The van der Waals surface area contributed by atoms with Crippen LogP contribution in [0.5, 0.6) is 0 Å². The van der Waals surface area contributed by atoms with Gasteiger partial charge in [-0.1, -0.05) is 13.3 Å². The molecule has 88 valence electrons. The first-order valence-electron chi connectivity index (χ1n) is 6.61. The van der Waals surface area contributed by atoms with Crippen LogP contribution in [0, 0.1) is 5.92 Å². The predicted octanol–water partition coefficient (Wildman–Crippen LogP) is 2.25. The van der Waals surface area contributed by atoms with Crippen molar-refractivity contribution < 1.29 is 0 Å². The molecule has 2 atom stereocenters. The highest BCUT2D eigenvalue weighted by molar-refractivity contribution is 4.95. The van der Waals surface area contributed by atoms with Gasteiger partial charge in [-0.3, -0.25) is 0 Å². The summed E-state index contributed by atoms with van der Waals surface area (Å²) in [7, 11) is 0. The van der Waals surface area contributed by atoms with Gasteiger partial charge in [0.15, 0.2) is 0 Å². The molecule has 2 saturated heterocycles. The number of nitrogens with one attached hydrogen (secondary N) is 1. The van der Waals surface area contributed by atoms with Gasteiger partial charge in [0.05, 0.1) is 0 Å². The fourth-order valence-electron chi connectivity index (χ4n) is 3.42. The molecule has 2 aliphatic heterocycles. The third-order valence-corrected chi connectivity index (χ3v) is 4.23. The van der Waals surface area contributed by atoms with Gasteiger partial charge in [-0.15, -0.1) is 0 Å². The molecule has 0 aromatic heterocycles. The van der Waals surface area contributed by atoms with Crippen LogP contribution >= 0.6 is 0 Å². The maximum atomic E-state index is 3.66. The number of nitrogens with zero attached hydrogens (tertiary/aromatic N) is 1. The lowest BCUT2D eigenvalue weighted by atomic mass is 9.86. The quantitative estimate of drug-likeness (QED) is 0.752. The van der Waals surface area contributed by atoms with Crippen molar-refractivity contribution in [2.75, 3.05) is 19.6 Å². The molecular formula is C13H26N2. The van der Waals surface area contributed by atoms with E-state index in [4.69, 9.17) is 0 Å². The van der Waals surface area contributed by atoms with E-state index in [9.17, 15) is 0 Å². The molecule has 2 aliphatic rings. The lowest BCUT2D eigenvalue weighted by Gasteiger charge is -2.38. The van der Waals surface area contributed by atoms with Crippen molar-refractivity contribution >= 4 is 0 Å². The zero-order valence-electron chi connectivity index (χ0n) is 10.6. The highest BCUT2D eigenvalue weighted by Crippen LogP contribution is 2.32.